The summed E-state index contributed by atoms with van der Waals surface area (Å²) in [6, 6.07) is 7.63. The predicted octanol–water partition coefficient (Wildman–Crippen LogP) is 2.63. The normalized spacial score (nSPS) is 10.6. The van der Waals surface area contributed by atoms with Gasteiger partial charge in [-0.05, 0) is 24.5 Å². The van der Waals surface area contributed by atoms with Crippen LogP contribution in [-0.4, -0.2) is 11.1 Å². The molecule has 118 valence electrons. The monoisotopic (exact) mass is 301 g/mol. The average Bonchev–Trinajstić information content (AvgIpc) is 2.94. The van der Waals surface area contributed by atoms with Gasteiger partial charge in [0, 0.05) is 30.6 Å². The Balaban J connectivity index is 1.88. The Morgan fingerprint density at radius 2 is 2.05 bits per heavy atom. The highest BCUT2D eigenvalue weighted by molar-refractivity contribution is 5.76. The Morgan fingerprint density at radius 3 is 2.73 bits per heavy atom. The Kier molecular flexibility index (Phi) is 5.58. The third-order valence-electron chi connectivity index (χ3n) is 3.75. The molecule has 0 bridgehead atoms. The molecule has 1 aromatic carbocycles. The maximum absolute atomic E-state index is 12.0. The van der Waals surface area contributed by atoms with Gasteiger partial charge in [-0.2, -0.15) is 0 Å². The van der Waals surface area contributed by atoms with E-state index in [1.54, 1.807) is 0 Å². The lowest BCUT2D eigenvalue weighted by Gasteiger charge is -2.07. The van der Waals surface area contributed by atoms with Crippen LogP contribution in [0.5, 0.6) is 0 Å². The van der Waals surface area contributed by atoms with Crippen LogP contribution >= 0.6 is 0 Å². The van der Waals surface area contributed by atoms with Crippen molar-refractivity contribution in [3.63, 3.8) is 0 Å². The molecule has 2 rings (SSSR count). The zero-order chi connectivity index (χ0) is 15.9. The van der Waals surface area contributed by atoms with Crippen molar-refractivity contribution >= 4 is 11.6 Å². The molecule has 0 radical (unpaired) electrons. The van der Waals surface area contributed by atoms with Crippen molar-refractivity contribution in [2.24, 2.45) is 0 Å². The minimum atomic E-state index is 0.00793. The van der Waals surface area contributed by atoms with E-state index in [9.17, 15) is 4.79 Å². The van der Waals surface area contributed by atoms with Crippen LogP contribution in [0.1, 0.15) is 42.8 Å². The summed E-state index contributed by atoms with van der Waals surface area (Å²) in [7, 11) is 0. The van der Waals surface area contributed by atoms with Crippen LogP contribution in [-0.2, 0) is 30.6 Å². The number of rotatable bonds is 7. The number of aryl methyl sites for hydroxylation is 3. The number of anilines is 1. The number of carbonyl (C=O) groups is 1. The van der Waals surface area contributed by atoms with Crippen LogP contribution in [0.4, 0.5) is 5.69 Å². The van der Waals surface area contributed by atoms with Crippen molar-refractivity contribution in [3.8, 4) is 0 Å². The number of amides is 1. The number of hydrogen-bond acceptors (Lipinski definition) is 4. The number of benzene rings is 1. The van der Waals surface area contributed by atoms with Gasteiger partial charge in [0.15, 0.2) is 0 Å². The predicted molar refractivity (Wildman–Crippen MR) is 86.3 cm³/mol. The fourth-order valence-corrected chi connectivity index (χ4v) is 2.42. The van der Waals surface area contributed by atoms with Gasteiger partial charge in [-0.1, -0.05) is 37.2 Å². The molecule has 2 aromatic rings. The first kappa shape index (κ1) is 16.1. The van der Waals surface area contributed by atoms with Crippen LogP contribution in [0, 0.1) is 0 Å². The molecular formula is C17H23N3O2. The molecular weight excluding hydrogens is 278 g/mol. The van der Waals surface area contributed by atoms with Gasteiger partial charge in [0.05, 0.1) is 5.69 Å². The highest BCUT2D eigenvalue weighted by Crippen LogP contribution is 2.16. The van der Waals surface area contributed by atoms with E-state index in [1.165, 1.54) is 0 Å². The molecule has 3 N–H and O–H groups in total. The smallest absolute Gasteiger partial charge is 0.220 e. The fraction of sp³-hybridized carbons (Fsp3) is 0.412. The first-order valence-corrected chi connectivity index (χ1v) is 7.72. The van der Waals surface area contributed by atoms with Crippen LogP contribution in [0.2, 0.25) is 0 Å². The largest absolute Gasteiger partial charge is 0.399 e. The molecule has 0 spiro atoms. The summed E-state index contributed by atoms with van der Waals surface area (Å²) in [5, 5.41) is 6.99. The topological polar surface area (TPSA) is 81.2 Å². The molecule has 22 heavy (non-hydrogen) atoms. The minimum absolute atomic E-state index is 0.00793. The minimum Gasteiger partial charge on any atom is -0.399 e. The zero-order valence-corrected chi connectivity index (χ0v) is 13.2. The van der Waals surface area contributed by atoms with Crippen LogP contribution in [0.3, 0.4) is 0 Å². The average molecular weight is 301 g/mol. The fourth-order valence-electron chi connectivity index (χ4n) is 2.42. The molecule has 0 saturated heterocycles. The van der Waals surface area contributed by atoms with Crippen molar-refractivity contribution in [3.05, 3.63) is 46.8 Å². The number of carbonyl (C=O) groups excluding carboxylic acids is 1. The van der Waals surface area contributed by atoms with E-state index in [-0.39, 0.29) is 5.91 Å². The lowest BCUT2D eigenvalue weighted by atomic mass is 10.1. The van der Waals surface area contributed by atoms with Crippen molar-refractivity contribution in [1.82, 2.24) is 10.5 Å². The van der Waals surface area contributed by atoms with Crippen molar-refractivity contribution in [1.29, 1.82) is 0 Å². The van der Waals surface area contributed by atoms with Crippen LogP contribution in [0.25, 0.3) is 0 Å². The van der Waals surface area contributed by atoms with E-state index in [4.69, 9.17) is 10.3 Å². The standard InChI is InChI=1S/C17H23N3O2/c1-3-15-13(16(4-2)22-20-15)11-19-17(21)10-9-12-7-5-6-8-14(12)18/h5-8H,3-4,9-11,18H2,1-2H3,(H,19,21). The first-order chi connectivity index (χ1) is 10.7. The second kappa shape index (κ2) is 7.64. The Morgan fingerprint density at radius 1 is 1.27 bits per heavy atom. The lowest BCUT2D eigenvalue weighted by Crippen LogP contribution is -2.24. The highest BCUT2D eigenvalue weighted by atomic mass is 16.5. The van der Waals surface area contributed by atoms with Gasteiger partial charge in [-0.25, -0.2) is 0 Å². The van der Waals surface area contributed by atoms with E-state index in [0.29, 0.717) is 19.4 Å². The Hall–Kier alpha value is -2.30. The molecule has 1 heterocycles. The van der Waals surface area contributed by atoms with Gasteiger partial charge in [0.2, 0.25) is 5.91 Å². The molecule has 0 aliphatic heterocycles. The summed E-state index contributed by atoms with van der Waals surface area (Å²) < 4.78 is 5.30. The van der Waals surface area contributed by atoms with Gasteiger partial charge in [-0.3, -0.25) is 4.79 Å². The van der Waals surface area contributed by atoms with E-state index in [1.807, 2.05) is 38.1 Å². The molecule has 0 atom stereocenters. The SMILES string of the molecule is CCc1noc(CC)c1CNC(=O)CCc1ccccc1N. The molecule has 0 aliphatic carbocycles. The molecule has 0 fully saturated rings. The molecule has 1 amide bonds. The maximum Gasteiger partial charge on any atom is 0.220 e. The summed E-state index contributed by atoms with van der Waals surface area (Å²) in [4.78, 5) is 12.0. The molecule has 5 heteroatoms. The number of nitrogens with zero attached hydrogens (tertiary/aromatic N) is 1. The van der Waals surface area contributed by atoms with Gasteiger partial charge < -0.3 is 15.6 Å². The lowest BCUT2D eigenvalue weighted by molar-refractivity contribution is -0.121. The summed E-state index contributed by atoms with van der Waals surface area (Å²) in [5.74, 6) is 0.859. The van der Waals surface area contributed by atoms with Gasteiger partial charge in [-0.15, -0.1) is 0 Å². The zero-order valence-electron chi connectivity index (χ0n) is 13.2. The highest BCUT2D eigenvalue weighted by Gasteiger charge is 2.14. The van der Waals surface area contributed by atoms with Crippen LogP contribution < -0.4 is 11.1 Å². The molecule has 1 aromatic heterocycles. The van der Waals surface area contributed by atoms with E-state index >= 15 is 0 Å². The Bertz CT molecular complexity index is 613. The maximum atomic E-state index is 12.0. The van der Waals surface area contributed by atoms with Gasteiger partial charge >= 0.3 is 0 Å². The van der Waals surface area contributed by atoms with Crippen LogP contribution in [0.15, 0.2) is 28.8 Å². The van der Waals surface area contributed by atoms with E-state index < -0.39 is 0 Å². The van der Waals surface area contributed by atoms with E-state index in [0.717, 1.165) is 41.1 Å². The molecule has 5 nitrogen and oxygen atoms in total. The third kappa shape index (κ3) is 3.87. The first-order valence-electron chi connectivity index (χ1n) is 7.72. The third-order valence-corrected chi connectivity index (χ3v) is 3.75. The van der Waals surface area contributed by atoms with Crippen molar-refractivity contribution in [2.75, 3.05) is 5.73 Å². The number of nitrogens with one attached hydrogen (secondary N) is 1. The second-order valence-corrected chi connectivity index (χ2v) is 5.21. The second-order valence-electron chi connectivity index (χ2n) is 5.21. The number of hydrogen-bond donors (Lipinski definition) is 2. The molecule has 0 unspecified atom stereocenters. The number of nitrogen functional groups attached to an aromatic ring is 1. The number of para-hydroxylation sites is 1. The quantitative estimate of drug-likeness (QED) is 0.770. The molecule has 0 saturated carbocycles. The number of aromatic nitrogens is 1. The van der Waals surface area contributed by atoms with Gasteiger partial charge in [0.1, 0.15) is 5.76 Å². The van der Waals surface area contributed by atoms with E-state index in [2.05, 4.69) is 10.5 Å². The number of nitrogens with two attached hydrogens (primary N) is 1. The van der Waals surface area contributed by atoms with Crippen molar-refractivity contribution < 1.29 is 9.32 Å². The Labute approximate surface area is 130 Å². The van der Waals surface area contributed by atoms with Gasteiger partial charge in [0.25, 0.3) is 0 Å². The summed E-state index contributed by atoms with van der Waals surface area (Å²) in [5.41, 5.74) is 9.55. The summed E-state index contributed by atoms with van der Waals surface area (Å²) >= 11 is 0. The summed E-state index contributed by atoms with van der Waals surface area (Å²) in [6.07, 6.45) is 2.64. The summed E-state index contributed by atoms with van der Waals surface area (Å²) in [6.45, 7) is 4.52. The molecule has 0 aliphatic rings. The van der Waals surface area contributed by atoms with Crippen molar-refractivity contribution in [2.45, 2.75) is 46.1 Å².